The summed E-state index contributed by atoms with van der Waals surface area (Å²) in [5.74, 6) is 1.15. The van der Waals surface area contributed by atoms with Crippen LogP contribution in [0, 0.1) is 5.92 Å². The fourth-order valence-corrected chi connectivity index (χ4v) is 1.72. The first-order valence-electron chi connectivity index (χ1n) is 4.32. The van der Waals surface area contributed by atoms with E-state index in [9.17, 15) is 0 Å². The highest BCUT2D eigenvalue weighted by Gasteiger charge is 2.17. The number of anilines is 1. The molecule has 1 fully saturated rings. The quantitative estimate of drug-likeness (QED) is 0.781. The Bertz CT molecular complexity index is 294. The van der Waals surface area contributed by atoms with E-state index in [1.165, 1.54) is 0 Å². The van der Waals surface area contributed by atoms with Crippen molar-refractivity contribution in [1.29, 1.82) is 0 Å². The van der Waals surface area contributed by atoms with Gasteiger partial charge in [-0.2, -0.15) is 5.10 Å². The second-order valence-corrected chi connectivity index (χ2v) is 3.69. The molecule has 1 aliphatic heterocycles. The van der Waals surface area contributed by atoms with Crippen LogP contribution in [0.25, 0.3) is 0 Å². The fourth-order valence-electron chi connectivity index (χ4n) is 1.52. The van der Waals surface area contributed by atoms with E-state index in [0.29, 0.717) is 16.9 Å². The van der Waals surface area contributed by atoms with Crippen molar-refractivity contribution in [3.63, 3.8) is 0 Å². The first-order chi connectivity index (χ1) is 6.25. The van der Waals surface area contributed by atoms with Gasteiger partial charge in [-0.3, -0.25) is 0 Å². The monoisotopic (exact) mass is 201 g/mol. The molecule has 1 aliphatic rings. The average Bonchev–Trinajstić information content (AvgIpc) is 2.63. The van der Waals surface area contributed by atoms with Crippen LogP contribution in [0.1, 0.15) is 6.42 Å². The van der Waals surface area contributed by atoms with E-state index in [-0.39, 0.29) is 0 Å². The number of ether oxygens (including phenoxy) is 1. The first kappa shape index (κ1) is 8.84. The number of halogens is 1. The topological polar surface area (TPSA) is 53.1 Å². The van der Waals surface area contributed by atoms with E-state index >= 15 is 0 Å². The number of nitrogen functional groups attached to an aromatic ring is 1. The van der Waals surface area contributed by atoms with Crippen LogP contribution in [0.2, 0.25) is 5.15 Å². The number of aromatic nitrogens is 2. The van der Waals surface area contributed by atoms with Crippen molar-refractivity contribution in [2.24, 2.45) is 5.92 Å². The summed E-state index contributed by atoms with van der Waals surface area (Å²) in [6.07, 6.45) is 1.08. The second-order valence-electron chi connectivity index (χ2n) is 3.30. The van der Waals surface area contributed by atoms with Crippen LogP contribution in [0.5, 0.6) is 0 Å². The van der Waals surface area contributed by atoms with Crippen molar-refractivity contribution in [3.8, 4) is 0 Å². The molecular formula is C8H12ClN3O. The molecule has 0 unspecified atom stereocenters. The summed E-state index contributed by atoms with van der Waals surface area (Å²) < 4.78 is 7.00. The molecule has 1 aromatic heterocycles. The molecule has 1 aromatic rings. The van der Waals surface area contributed by atoms with Gasteiger partial charge in [-0.15, -0.1) is 0 Å². The van der Waals surface area contributed by atoms with Gasteiger partial charge in [0, 0.05) is 25.1 Å². The Balaban J connectivity index is 2.03. The van der Waals surface area contributed by atoms with Crippen molar-refractivity contribution in [2.75, 3.05) is 18.9 Å². The number of nitrogens with two attached hydrogens (primary N) is 1. The van der Waals surface area contributed by atoms with Crippen molar-refractivity contribution in [2.45, 2.75) is 13.0 Å². The van der Waals surface area contributed by atoms with Crippen molar-refractivity contribution < 1.29 is 4.74 Å². The van der Waals surface area contributed by atoms with Gasteiger partial charge in [0.25, 0.3) is 0 Å². The Labute approximate surface area is 81.6 Å². The smallest absolute Gasteiger partial charge is 0.153 e. The fraction of sp³-hybridized carbons (Fsp3) is 0.625. The molecule has 5 heteroatoms. The molecule has 72 valence electrons. The second kappa shape index (κ2) is 3.55. The van der Waals surface area contributed by atoms with Crippen LogP contribution in [-0.4, -0.2) is 23.0 Å². The number of hydrogen-bond acceptors (Lipinski definition) is 3. The molecule has 13 heavy (non-hydrogen) atoms. The first-order valence-corrected chi connectivity index (χ1v) is 4.70. The van der Waals surface area contributed by atoms with Gasteiger partial charge < -0.3 is 10.5 Å². The van der Waals surface area contributed by atoms with Gasteiger partial charge in [-0.05, 0) is 6.42 Å². The summed E-state index contributed by atoms with van der Waals surface area (Å²) in [5.41, 5.74) is 5.69. The molecule has 0 radical (unpaired) electrons. The number of rotatable bonds is 2. The lowest BCUT2D eigenvalue weighted by molar-refractivity contribution is 0.181. The summed E-state index contributed by atoms with van der Waals surface area (Å²) in [6.45, 7) is 2.45. The molecule has 0 amide bonds. The maximum absolute atomic E-state index is 5.71. The van der Waals surface area contributed by atoms with Crippen LogP contribution in [-0.2, 0) is 11.3 Å². The Morgan fingerprint density at radius 2 is 2.62 bits per heavy atom. The van der Waals surface area contributed by atoms with Gasteiger partial charge in [-0.25, -0.2) is 4.68 Å². The Morgan fingerprint density at radius 1 is 1.77 bits per heavy atom. The lowest BCUT2D eigenvalue weighted by Gasteiger charge is -2.08. The molecule has 4 nitrogen and oxygen atoms in total. The summed E-state index contributed by atoms with van der Waals surface area (Å²) in [5, 5.41) is 4.53. The van der Waals surface area contributed by atoms with Crippen molar-refractivity contribution in [1.82, 2.24) is 9.78 Å². The van der Waals surface area contributed by atoms with Gasteiger partial charge >= 0.3 is 0 Å². The minimum absolute atomic E-state index is 0.455. The Kier molecular flexibility index (Phi) is 2.42. The van der Waals surface area contributed by atoms with Crippen LogP contribution >= 0.6 is 11.6 Å². The molecular weight excluding hydrogens is 190 g/mol. The van der Waals surface area contributed by atoms with Crippen LogP contribution in [0.3, 0.4) is 0 Å². The zero-order chi connectivity index (χ0) is 9.26. The molecule has 2 rings (SSSR count). The highest BCUT2D eigenvalue weighted by Crippen LogP contribution is 2.18. The van der Waals surface area contributed by atoms with E-state index in [4.69, 9.17) is 22.1 Å². The molecule has 1 atom stereocenters. The number of nitrogens with zero attached hydrogens (tertiary/aromatic N) is 2. The van der Waals surface area contributed by atoms with E-state index in [2.05, 4.69) is 5.10 Å². The normalized spacial score (nSPS) is 22.4. The predicted octanol–water partition coefficient (Wildman–Crippen LogP) is 1.16. The number of hydrogen-bond donors (Lipinski definition) is 1. The van der Waals surface area contributed by atoms with E-state index in [0.717, 1.165) is 26.2 Å². The summed E-state index contributed by atoms with van der Waals surface area (Å²) >= 11 is 5.71. The maximum atomic E-state index is 5.71. The lowest BCUT2D eigenvalue weighted by atomic mass is 10.1. The van der Waals surface area contributed by atoms with Crippen molar-refractivity contribution >= 4 is 17.4 Å². The minimum Gasteiger partial charge on any atom is -0.384 e. The van der Waals surface area contributed by atoms with E-state index in [1.807, 2.05) is 0 Å². The molecule has 0 spiro atoms. The van der Waals surface area contributed by atoms with Gasteiger partial charge in [0.05, 0.1) is 6.61 Å². The van der Waals surface area contributed by atoms with E-state index < -0.39 is 0 Å². The third-order valence-electron chi connectivity index (χ3n) is 2.24. The highest BCUT2D eigenvalue weighted by atomic mass is 35.5. The predicted molar refractivity (Wildman–Crippen MR) is 50.6 cm³/mol. The zero-order valence-electron chi connectivity index (χ0n) is 7.24. The molecule has 2 N–H and O–H groups in total. The van der Waals surface area contributed by atoms with E-state index in [1.54, 1.807) is 10.7 Å². The largest absolute Gasteiger partial charge is 0.384 e. The minimum atomic E-state index is 0.455. The SMILES string of the molecule is Nc1cc(Cl)nn1C[C@@H]1CCOC1. The zero-order valence-corrected chi connectivity index (χ0v) is 8.00. The van der Waals surface area contributed by atoms with Gasteiger partial charge in [0.2, 0.25) is 0 Å². The molecule has 1 saturated heterocycles. The van der Waals surface area contributed by atoms with Crippen LogP contribution in [0.15, 0.2) is 6.07 Å². The third-order valence-corrected chi connectivity index (χ3v) is 2.42. The molecule has 0 bridgehead atoms. The molecule has 2 heterocycles. The van der Waals surface area contributed by atoms with Crippen LogP contribution in [0.4, 0.5) is 5.82 Å². The molecule has 0 saturated carbocycles. The summed E-state index contributed by atoms with van der Waals surface area (Å²) in [6, 6.07) is 1.66. The van der Waals surface area contributed by atoms with Gasteiger partial charge in [0.1, 0.15) is 5.82 Å². The Hall–Kier alpha value is -0.740. The summed E-state index contributed by atoms with van der Waals surface area (Å²) in [4.78, 5) is 0. The maximum Gasteiger partial charge on any atom is 0.153 e. The summed E-state index contributed by atoms with van der Waals surface area (Å²) in [7, 11) is 0. The van der Waals surface area contributed by atoms with Gasteiger partial charge in [0.15, 0.2) is 5.15 Å². The molecule has 0 aliphatic carbocycles. The third kappa shape index (κ3) is 1.95. The Morgan fingerprint density at radius 3 is 3.15 bits per heavy atom. The van der Waals surface area contributed by atoms with Crippen molar-refractivity contribution in [3.05, 3.63) is 11.2 Å². The highest BCUT2D eigenvalue weighted by molar-refractivity contribution is 6.29. The molecule has 0 aromatic carbocycles. The lowest BCUT2D eigenvalue weighted by Crippen LogP contribution is -2.13. The van der Waals surface area contributed by atoms with Gasteiger partial charge in [-0.1, -0.05) is 11.6 Å². The average molecular weight is 202 g/mol. The standard InChI is InChI=1S/C8H12ClN3O/c9-7-3-8(10)12(11-7)4-6-1-2-13-5-6/h3,6H,1-2,4-5,10H2/t6-/m0/s1. The van der Waals surface area contributed by atoms with Crippen LogP contribution < -0.4 is 5.73 Å².